The third kappa shape index (κ3) is 16.2. The van der Waals surface area contributed by atoms with Crippen LogP contribution in [0.3, 0.4) is 0 Å². The number of rotatable bonds is 18. The molecule has 0 fully saturated rings. The number of ether oxygens (including phenoxy) is 4. The highest BCUT2D eigenvalue weighted by Crippen LogP contribution is 2.30. The molecule has 0 aliphatic heterocycles. The first-order valence-electron chi connectivity index (χ1n) is 18.5. The Labute approximate surface area is 327 Å². The van der Waals surface area contributed by atoms with Crippen molar-refractivity contribution in [1.29, 1.82) is 0 Å². The van der Waals surface area contributed by atoms with Crippen LogP contribution in [0.5, 0.6) is 0 Å². The highest BCUT2D eigenvalue weighted by atomic mass is 19.4. The molecule has 0 saturated carbocycles. The van der Waals surface area contributed by atoms with Crippen LogP contribution in [-0.4, -0.2) is 89.4 Å². The van der Waals surface area contributed by atoms with E-state index in [1.54, 1.807) is 65.0 Å². The second-order valence-corrected chi connectivity index (χ2v) is 15.8. The normalized spacial score (nSPS) is 14.2. The molecule has 0 bridgehead atoms. The summed E-state index contributed by atoms with van der Waals surface area (Å²) in [5.41, 5.74) is -2.47. The maximum absolute atomic E-state index is 14.7. The Morgan fingerprint density at radius 1 is 0.696 bits per heavy atom. The number of carbonyl (C=O) groups excluding carboxylic acids is 5. The van der Waals surface area contributed by atoms with E-state index in [1.807, 2.05) is 0 Å². The smallest absolute Gasteiger partial charge is 0.416 e. The largest absolute Gasteiger partial charge is 0.458 e. The van der Waals surface area contributed by atoms with Crippen LogP contribution < -0.4 is 0 Å². The molecule has 0 aliphatic carbocycles. The molecule has 0 radical (unpaired) electrons. The van der Waals surface area contributed by atoms with Crippen molar-refractivity contribution in [3.63, 3.8) is 0 Å². The van der Waals surface area contributed by atoms with Crippen molar-refractivity contribution < 1.29 is 60.5 Å². The van der Waals surface area contributed by atoms with Crippen molar-refractivity contribution in [2.45, 2.75) is 136 Å². The summed E-state index contributed by atoms with van der Waals surface area (Å²) in [7, 11) is 2.57. The highest BCUT2D eigenvalue weighted by Gasteiger charge is 2.39. The molecule has 0 aliphatic rings. The third-order valence-electron chi connectivity index (χ3n) is 8.57. The number of likely N-dealkylation sites (N-methyl/N-ethyl adjacent to an activating group) is 2. The molecule has 4 atom stereocenters. The molecule has 2 aromatic carbocycles. The van der Waals surface area contributed by atoms with Gasteiger partial charge in [0.25, 0.3) is 5.91 Å². The lowest BCUT2D eigenvalue weighted by Crippen LogP contribution is -2.52. The number of carbonyl (C=O) groups is 5. The van der Waals surface area contributed by atoms with Crippen molar-refractivity contribution in [3.8, 4) is 0 Å². The summed E-state index contributed by atoms with van der Waals surface area (Å²) in [6.45, 7) is 12.3. The van der Waals surface area contributed by atoms with E-state index in [4.69, 9.17) is 18.9 Å². The maximum Gasteiger partial charge on any atom is 0.416 e. The molecule has 2 amide bonds. The van der Waals surface area contributed by atoms with Gasteiger partial charge in [-0.3, -0.25) is 9.69 Å². The molecule has 0 saturated heterocycles. The van der Waals surface area contributed by atoms with E-state index in [9.17, 15) is 41.5 Å². The summed E-state index contributed by atoms with van der Waals surface area (Å²) in [6.07, 6.45) is -9.06. The molecule has 2 rings (SSSR count). The van der Waals surface area contributed by atoms with Crippen LogP contribution in [0.15, 0.2) is 54.6 Å². The van der Waals surface area contributed by atoms with Crippen molar-refractivity contribution in [2.24, 2.45) is 5.92 Å². The van der Waals surface area contributed by atoms with E-state index in [-0.39, 0.29) is 44.6 Å². The standard InChI is InChI=1S/C41H56F4N2O9/c1-26(2)24-32(37(51)54-27(3)35(49)53-25-29-14-12-11-13-15-29)46(9)34(48)33(21-18-28-16-19-30(20-17-28)41(43,44)45)55-36(50)31(22-23-40(7,8)42)47(10)38(52)56-39(4,5)6/h11-17,19-20,26-27,31-33H,18,21-25H2,1-10H3/t27-,31+,32+,33-/m1/s1. The fraction of sp³-hybridized carbons (Fsp3) is 0.585. The van der Waals surface area contributed by atoms with Gasteiger partial charge in [-0.05, 0) is 103 Å². The molecule has 0 aromatic heterocycles. The lowest BCUT2D eigenvalue weighted by Gasteiger charge is -2.33. The number of nitrogens with zero attached hydrogens (tertiary/aromatic N) is 2. The van der Waals surface area contributed by atoms with Crippen LogP contribution in [0.2, 0.25) is 0 Å². The summed E-state index contributed by atoms with van der Waals surface area (Å²) < 4.78 is 76.3. The lowest BCUT2D eigenvalue weighted by molar-refractivity contribution is -0.174. The van der Waals surface area contributed by atoms with Gasteiger partial charge in [-0.25, -0.2) is 23.6 Å². The number of aryl methyl sites for hydroxylation is 1. The van der Waals surface area contributed by atoms with E-state index < -0.39 is 77.2 Å². The molecule has 312 valence electrons. The van der Waals surface area contributed by atoms with Crippen molar-refractivity contribution in [2.75, 3.05) is 14.1 Å². The fourth-order valence-electron chi connectivity index (χ4n) is 5.41. The SMILES string of the molecule is CC(C)C[C@@H](C(=O)O[C@H](C)C(=O)OCc1ccccc1)N(C)C(=O)[C@@H](CCc1ccc(C(F)(F)F)cc1)OC(=O)[C@H](CCC(C)(C)F)N(C)C(=O)OC(C)(C)C. The minimum Gasteiger partial charge on any atom is -0.458 e. The number of hydrogen-bond donors (Lipinski definition) is 0. The Bertz CT molecular complexity index is 1600. The van der Waals surface area contributed by atoms with Crippen molar-refractivity contribution >= 4 is 29.9 Å². The zero-order valence-electron chi connectivity index (χ0n) is 33.9. The predicted molar refractivity (Wildman–Crippen MR) is 200 cm³/mol. The first-order valence-corrected chi connectivity index (χ1v) is 18.5. The highest BCUT2D eigenvalue weighted by molar-refractivity contribution is 5.90. The summed E-state index contributed by atoms with van der Waals surface area (Å²) in [5, 5.41) is 0. The molecule has 56 heavy (non-hydrogen) atoms. The Balaban J connectivity index is 2.42. The molecule has 0 spiro atoms. The second kappa shape index (κ2) is 20.5. The molecule has 15 heteroatoms. The minimum atomic E-state index is -4.57. The van der Waals surface area contributed by atoms with Gasteiger partial charge in [0, 0.05) is 14.1 Å². The summed E-state index contributed by atoms with van der Waals surface area (Å²) in [5.74, 6) is -3.86. The average Bonchev–Trinajstić information content (AvgIpc) is 3.09. The van der Waals surface area contributed by atoms with Crippen LogP contribution in [0.1, 0.15) is 97.8 Å². The number of halogens is 4. The van der Waals surface area contributed by atoms with E-state index in [0.717, 1.165) is 21.9 Å². The topological polar surface area (TPSA) is 129 Å². The Hall–Kier alpha value is -4.69. The zero-order chi connectivity index (χ0) is 42.6. The zero-order valence-corrected chi connectivity index (χ0v) is 33.9. The Morgan fingerprint density at radius 3 is 1.79 bits per heavy atom. The molecule has 0 unspecified atom stereocenters. The van der Waals surface area contributed by atoms with E-state index in [0.29, 0.717) is 11.1 Å². The Morgan fingerprint density at radius 2 is 1.27 bits per heavy atom. The number of esters is 3. The third-order valence-corrected chi connectivity index (χ3v) is 8.57. The van der Waals surface area contributed by atoms with Gasteiger partial charge in [0.1, 0.15) is 30.0 Å². The molecule has 0 N–H and O–H groups in total. The monoisotopic (exact) mass is 796 g/mol. The van der Waals surface area contributed by atoms with Crippen LogP contribution in [-0.2, 0) is 57.3 Å². The summed E-state index contributed by atoms with van der Waals surface area (Å²) >= 11 is 0. The average molecular weight is 797 g/mol. The predicted octanol–water partition coefficient (Wildman–Crippen LogP) is 7.86. The second-order valence-electron chi connectivity index (χ2n) is 15.8. The summed E-state index contributed by atoms with van der Waals surface area (Å²) in [4.78, 5) is 69.5. The number of amides is 2. The number of alkyl halides is 4. The molecule has 2 aromatic rings. The van der Waals surface area contributed by atoms with E-state index in [1.165, 1.54) is 47.0 Å². The number of benzene rings is 2. The first kappa shape index (κ1) is 47.5. The van der Waals surface area contributed by atoms with E-state index in [2.05, 4.69) is 0 Å². The van der Waals surface area contributed by atoms with Crippen molar-refractivity contribution in [1.82, 2.24) is 9.80 Å². The van der Waals surface area contributed by atoms with Crippen LogP contribution in [0.4, 0.5) is 22.4 Å². The van der Waals surface area contributed by atoms with Gasteiger partial charge in [-0.1, -0.05) is 56.3 Å². The summed E-state index contributed by atoms with van der Waals surface area (Å²) in [6, 6.07) is 10.4. The number of hydrogen-bond acceptors (Lipinski definition) is 9. The van der Waals surface area contributed by atoms with Gasteiger partial charge in [-0.15, -0.1) is 0 Å². The van der Waals surface area contributed by atoms with Gasteiger partial charge in [0.15, 0.2) is 12.2 Å². The minimum absolute atomic E-state index is 0.0384. The maximum atomic E-state index is 14.7. The van der Waals surface area contributed by atoms with Crippen LogP contribution in [0, 0.1) is 5.92 Å². The lowest BCUT2D eigenvalue weighted by atomic mass is 9.99. The quantitative estimate of drug-likeness (QED) is 0.0842. The van der Waals surface area contributed by atoms with Gasteiger partial charge in [0.05, 0.1) is 5.56 Å². The van der Waals surface area contributed by atoms with Crippen LogP contribution >= 0.6 is 0 Å². The van der Waals surface area contributed by atoms with Gasteiger partial charge in [-0.2, -0.15) is 13.2 Å². The molecular formula is C41H56F4N2O9. The molecule has 0 heterocycles. The van der Waals surface area contributed by atoms with Gasteiger partial charge in [0.2, 0.25) is 0 Å². The molecule has 11 nitrogen and oxygen atoms in total. The molecular weight excluding hydrogens is 740 g/mol. The van der Waals surface area contributed by atoms with Gasteiger partial charge >= 0.3 is 30.2 Å². The first-order chi connectivity index (χ1) is 25.8. The van der Waals surface area contributed by atoms with Crippen LogP contribution in [0.25, 0.3) is 0 Å². The Kier molecular flexibility index (Phi) is 17.3. The van der Waals surface area contributed by atoms with E-state index >= 15 is 0 Å². The van der Waals surface area contributed by atoms with Gasteiger partial charge < -0.3 is 23.8 Å². The fourth-order valence-corrected chi connectivity index (χ4v) is 5.41. The van der Waals surface area contributed by atoms with Crippen molar-refractivity contribution in [3.05, 3.63) is 71.3 Å².